The molecule has 2 saturated heterocycles. The van der Waals surface area contributed by atoms with Crippen LogP contribution in [-0.4, -0.2) is 44.7 Å². The number of carbonyl (C=O) groups excluding carboxylic acids is 2. The van der Waals surface area contributed by atoms with E-state index in [2.05, 4.69) is 31.6 Å². The van der Waals surface area contributed by atoms with E-state index in [1.165, 1.54) is 12.8 Å². The summed E-state index contributed by atoms with van der Waals surface area (Å²) in [5.74, 6) is 0.287. The van der Waals surface area contributed by atoms with E-state index in [0.717, 1.165) is 43.0 Å². The highest BCUT2D eigenvalue weighted by Gasteiger charge is 2.42. The lowest BCUT2D eigenvalue weighted by Crippen LogP contribution is -2.50. The maximum Gasteiger partial charge on any atom is 0.227 e. The number of fused-ring (bicyclic) bond motifs is 1. The first-order chi connectivity index (χ1) is 12.1. The average molecular weight is 340 g/mol. The van der Waals surface area contributed by atoms with Gasteiger partial charge in [0, 0.05) is 31.8 Å². The lowest BCUT2D eigenvalue weighted by molar-refractivity contribution is -0.138. The summed E-state index contributed by atoms with van der Waals surface area (Å²) in [5.41, 5.74) is 2.77. The van der Waals surface area contributed by atoms with Crippen molar-refractivity contribution < 1.29 is 9.59 Å². The van der Waals surface area contributed by atoms with Crippen molar-refractivity contribution in [1.82, 2.24) is 25.1 Å². The Morgan fingerprint density at radius 3 is 2.52 bits per heavy atom. The van der Waals surface area contributed by atoms with Gasteiger partial charge in [-0.25, -0.2) is 0 Å². The minimum Gasteiger partial charge on any atom is -0.368 e. The molecule has 25 heavy (non-hydrogen) atoms. The Labute approximate surface area is 144 Å². The van der Waals surface area contributed by atoms with Gasteiger partial charge in [-0.1, -0.05) is 0 Å². The van der Waals surface area contributed by atoms with Crippen LogP contribution >= 0.6 is 0 Å². The molecule has 8 nitrogen and oxygen atoms in total. The monoisotopic (exact) mass is 340 g/mol. The van der Waals surface area contributed by atoms with Gasteiger partial charge in [0.05, 0.1) is 11.4 Å². The molecule has 4 heterocycles. The van der Waals surface area contributed by atoms with Crippen molar-refractivity contribution in [3.63, 3.8) is 0 Å². The van der Waals surface area contributed by atoms with Gasteiger partial charge in [0.2, 0.25) is 17.5 Å². The van der Waals surface area contributed by atoms with Crippen molar-refractivity contribution >= 4 is 23.1 Å². The topological polar surface area (TPSA) is 92.5 Å². The van der Waals surface area contributed by atoms with Gasteiger partial charge in [0.1, 0.15) is 6.33 Å². The molecular weight excluding hydrogens is 320 g/mol. The second-order valence-electron chi connectivity index (χ2n) is 7.64. The van der Waals surface area contributed by atoms with Crippen LogP contribution in [0.15, 0.2) is 12.4 Å². The normalized spacial score (nSPS) is 23.3. The fourth-order valence-electron chi connectivity index (χ4n) is 4.20. The van der Waals surface area contributed by atoms with Gasteiger partial charge in [0.15, 0.2) is 0 Å². The Morgan fingerprint density at radius 2 is 1.84 bits per heavy atom. The molecule has 2 amide bonds. The number of amides is 2. The van der Waals surface area contributed by atoms with E-state index in [9.17, 15) is 9.59 Å². The fourth-order valence-corrected chi connectivity index (χ4v) is 4.20. The molecule has 1 aliphatic carbocycles. The standard InChI is InChI=1S/C17H20N6O2/c24-14-8-17(9-15(25)19-14)3-5-22(6-4-17)13-7-12(11-1-2-11)21-23-10-18-20-16(13)23/h7,10-11H,1-6,8-9H2,(H,19,24,25). The Bertz CT molecular complexity index is 845. The van der Waals surface area contributed by atoms with Gasteiger partial charge < -0.3 is 4.90 Å². The molecule has 0 bridgehead atoms. The van der Waals surface area contributed by atoms with Crippen molar-refractivity contribution in [2.45, 2.75) is 44.4 Å². The van der Waals surface area contributed by atoms with Crippen molar-refractivity contribution in [2.24, 2.45) is 5.41 Å². The van der Waals surface area contributed by atoms with Gasteiger partial charge >= 0.3 is 0 Å². The van der Waals surface area contributed by atoms with E-state index < -0.39 is 0 Å². The van der Waals surface area contributed by atoms with Crippen molar-refractivity contribution in [2.75, 3.05) is 18.0 Å². The summed E-state index contributed by atoms with van der Waals surface area (Å²) < 4.78 is 1.77. The van der Waals surface area contributed by atoms with Gasteiger partial charge in [0.25, 0.3) is 0 Å². The van der Waals surface area contributed by atoms with Crippen molar-refractivity contribution in [3.05, 3.63) is 18.1 Å². The molecule has 1 spiro atoms. The molecule has 2 aromatic heterocycles. The number of hydrogen-bond acceptors (Lipinski definition) is 6. The second kappa shape index (κ2) is 5.24. The first kappa shape index (κ1) is 14.8. The molecule has 8 heteroatoms. The number of aromatic nitrogens is 4. The number of nitrogens with zero attached hydrogens (tertiary/aromatic N) is 5. The van der Waals surface area contributed by atoms with Crippen LogP contribution in [0.3, 0.4) is 0 Å². The molecule has 0 unspecified atom stereocenters. The number of piperidine rings is 2. The number of hydrogen-bond donors (Lipinski definition) is 1. The zero-order chi connectivity index (χ0) is 17.0. The first-order valence-electron chi connectivity index (χ1n) is 8.91. The summed E-state index contributed by atoms with van der Waals surface area (Å²) in [5, 5.41) is 15.3. The third-order valence-corrected chi connectivity index (χ3v) is 5.78. The maximum absolute atomic E-state index is 11.8. The third kappa shape index (κ3) is 2.56. The molecule has 2 aromatic rings. The van der Waals surface area contributed by atoms with Crippen LogP contribution in [-0.2, 0) is 9.59 Å². The SMILES string of the molecule is O=C1CC2(CCN(c3cc(C4CC4)nn4cnnc34)CC2)CC(=O)N1. The number of carbonyl (C=O) groups is 2. The number of anilines is 1. The molecule has 130 valence electrons. The van der Waals surface area contributed by atoms with Gasteiger partial charge in [-0.2, -0.15) is 9.61 Å². The quantitative estimate of drug-likeness (QED) is 0.821. The third-order valence-electron chi connectivity index (χ3n) is 5.78. The van der Waals surface area contributed by atoms with E-state index >= 15 is 0 Å². The van der Waals surface area contributed by atoms with Gasteiger partial charge in [-0.05, 0) is 37.2 Å². The van der Waals surface area contributed by atoms with Crippen LogP contribution in [0.25, 0.3) is 5.65 Å². The van der Waals surface area contributed by atoms with Crippen LogP contribution < -0.4 is 10.2 Å². The van der Waals surface area contributed by atoms with Crippen molar-refractivity contribution in [3.8, 4) is 0 Å². The van der Waals surface area contributed by atoms with Crippen LogP contribution in [0, 0.1) is 5.41 Å². The van der Waals surface area contributed by atoms with E-state index in [0.29, 0.717) is 18.8 Å². The van der Waals surface area contributed by atoms with Gasteiger partial charge in [-0.15, -0.1) is 10.2 Å². The van der Waals surface area contributed by atoms with E-state index in [1.807, 2.05) is 0 Å². The Balaban J connectivity index is 1.42. The zero-order valence-corrected chi connectivity index (χ0v) is 13.9. The predicted octanol–water partition coefficient (Wildman–Crippen LogP) is 1.02. The van der Waals surface area contributed by atoms with E-state index in [4.69, 9.17) is 0 Å². The highest BCUT2D eigenvalue weighted by molar-refractivity contribution is 5.98. The van der Waals surface area contributed by atoms with Crippen LogP contribution in [0.2, 0.25) is 0 Å². The summed E-state index contributed by atoms with van der Waals surface area (Å²) in [4.78, 5) is 25.9. The second-order valence-corrected chi connectivity index (χ2v) is 7.64. The molecule has 3 aliphatic rings. The smallest absolute Gasteiger partial charge is 0.227 e. The van der Waals surface area contributed by atoms with Crippen LogP contribution in [0.1, 0.15) is 50.1 Å². The molecule has 5 rings (SSSR count). The van der Waals surface area contributed by atoms with Crippen LogP contribution in [0.4, 0.5) is 5.69 Å². The Kier molecular flexibility index (Phi) is 3.10. The minimum atomic E-state index is -0.174. The fraction of sp³-hybridized carbons (Fsp3) is 0.588. The van der Waals surface area contributed by atoms with E-state index in [1.54, 1.807) is 10.8 Å². The molecule has 0 radical (unpaired) electrons. The lowest BCUT2D eigenvalue weighted by atomic mass is 9.71. The molecule has 3 fully saturated rings. The number of nitrogens with one attached hydrogen (secondary N) is 1. The van der Waals surface area contributed by atoms with E-state index in [-0.39, 0.29) is 17.2 Å². The predicted molar refractivity (Wildman–Crippen MR) is 89.0 cm³/mol. The Hall–Kier alpha value is -2.51. The zero-order valence-electron chi connectivity index (χ0n) is 13.9. The highest BCUT2D eigenvalue weighted by atomic mass is 16.2. The van der Waals surface area contributed by atoms with Crippen molar-refractivity contribution in [1.29, 1.82) is 0 Å². The molecular formula is C17H20N6O2. The highest BCUT2D eigenvalue weighted by Crippen LogP contribution is 2.43. The summed E-state index contributed by atoms with van der Waals surface area (Å²) in [7, 11) is 0. The lowest BCUT2D eigenvalue weighted by Gasteiger charge is -2.43. The largest absolute Gasteiger partial charge is 0.368 e. The minimum absolute atomic E-state index is 0.135. The molecule has 0 aromatic carbocycles. The molecule has 2 aliphatic heterocycles. The average Bonchev–Trinajstić information content (AvgIpc) is 3.31. The molecule has 0 atom stereocenters. The summed E-state index contributed by atoms with van der Waals surface area (Å²) in [6, 6.07) is 2.15. The maximum atomic E-state index is 11.8. The Morgan fingerprint density at radius 1 is 1.12 bits per heavy atom. The molecule has 1 saturated carbocycles. The van der Waals surface area contributed by atoms with Crippen LogP contribution in [0.5, 0.6) is 0 Å². The number of rotatable bonds is 2. The summed E-state index contributed by atoms with van der Waals surface area (Å²) in [6.07, 6.45) is 6.63. The number of imide groups is 1. The van der Waals surface area contributed by atoms with Gasteiger partial charge in [-0.3, -0.25) is 14.9 Å². The summed E-state index contributed by atoms with van der Waals surface area (Å²) in [6.45, 7) is 1.63. The summed E-state index contributed by atoms with van der Waals surface area (Å²) >= 11 is 0. The molecule has 1 N–H and O–H groups in total. The first-order valence-corrected chi connectivity index (χ1v) is 8.91.